The van der Waals surface area contributed by atoms with Gasteiger partial charge in [0.2, 0.25) is 0 Å². The zero-order chi connectivity index (χ0) is 13.0. The molecule has 5 heteroatoms. The van der Waals surface area contributed by atoms with Gasteiger partial charge < -0.3 is 10.1 Å². The molecule has 0 bridgehead atoms. The minimum Gasteiger partial charge on any atom is -0.489 e. The Morgan fingerprint density at radius 3 is 2.56 bits per heavy atom. The molecule has 18 heavy (non-hydrogen) atoms. The Morgan fingerprint density at radius 2 is 1.89 bits per heavy atom. The first kappa shape index (κ1) is 13.0. The van der Waals surface area contributed by atoms with Crippen LogP contribution in [0.5, 0.6) is 5.75 Å². The number of benzene rings is 1. The zero-order valence-electron chi connectivity index (χ0n) is 9.78. The second-order valence-corrected chi connectivity index (χ2v) is 4.57. The van der Waals surface area contributed by atoms with E-state index in [0.717, 1.165) is 11.4 Å². The molecule has 1 N–H and O–H groups in total. The lowest BCUT2D eigenvalue weighted by Gasteiger charge is -2.08. The highest BCUT2D eigenvalue weighted by molar-refractivity contribution is 6.34. The van der Waals surface area contributed by atoms with E-state index in [9.17, 15) is 0 Å². The molecule has 1 aromatic carbocycles. The summed E-state index contributed by atoms with van der Waals surface area (Å²) in [6.45, 7) is 0.438. The molecule has 0 saturated heterocycles. The SMILES string of the molecule is CNc1cc(COc2cc(Cl)cc(Cl)c2)ccn1. The number of nitrogens with zero attached hydrogens (tertiary/aromatic N) is 1. The zero-order valence-corrected chi connectivity index (χ0v) is 11.3. The average Bonchev–Trinajstić information content (AvgIpc) is 2.35. The molecule has 0 aliphatic rings. The van der Waals surface area contributed by atoms with Crippen LogP contribution in [0.3, 0.4) is 0 Å². The van der Waals surface area contributed by atoms with Gasteiger partial charge in [-0.25, -0.2) is 4.98 Å². The number of halogens is 2. The minimum absolute atomic E-state index is 0.438. The molecule has 1 heterocycles. The quantitative estimate of drug-likeness (QED) is 0.920. The number of rotatable bonds is 4. The molecule has 0 fully saturated rings. The Bertz CT molecular complexity index is 526. The molecule has 94 valence electrons. The van der Waals surface area contributed by atoms with Crippen molar-refractivity contribution in [1.29, 1.82) is 0 Å². The summed E-state index contributed by atoms with van der Waals surface area (Å²) >= 11 is 11.8. The predicted octanol–water partition coefficient (Wildman–Crippen LogP) is 4.01. The highest BCUT2D eigenvalue weighted by atomic mass is 35.5. The summed E-state index contributed by atoms with van der Waals surface area (Å²) in [5.74, 6) is 1.45. The van der Waals surface area contributed by atoms with Gasteiger partial charge in [-0.05, 0) is 35.9 Å². The molecule has 2 aromatic rings. The van der Waals surface area contributed by atoms with Gasteiger partial charge >= 0.3 is 0 Å². The van der Waals surface area contributed by atoms with Crippen molar-refractivity contribution >= 4 is 29.0 Å². The summed E-state index contributed by atoms with van der Waals surface area (Å²) in [4.78, 5) is 4.13. The summed E-state index contributed by atoms with van der Waals surface area (Å²) < 4.78 is 5.63. The highest BCUT2D eigenvalue weighted by Crippen LogP contribution is 2.24. The molecular weight excluding hydrogens is 271 g/mol. The van der Waals surface area contributed by atoms with Gasteiger partial charge in [0.05, 0.1) is 0 Å². The van der Waals surface area contributed by atoms with Crippen LogP contribution in [-0.4, -0.2) is 12.0 Å². The minimum atomic E-state index is 0.438. The number of hydrogen-bond donors (Lipinski definition) is 1. The first-order valence-corrected chi connectivity index (χ1v) is 6.14. The van der Waals surface area contributed by atoms with Crippen molar-refractivity contribution in [2.45, 2.75) is 6.61 Å². The maximum atomic E-state index is 5.90. The van der Waals surface area contributed by atoms with E-state index in [1.54, 1.807) is 24.4 Å². The predicted molar refractivity (Wildman–Crippen MR) is 74.6 cm³/mol. The molecule has 0 aliphatic heterocycles. The second kappa shape index (κ2) is 5.94. The molecule has 0 radical (unpaired) electrons. The van der Waals surface area contributed by atoms with Crippen molar-refractivity contribution in [3.05, 3.63) is 52.1 Å². The number of pyridine rings is 1. The lowest BCUT2D eigenvalue weighted by Crippen LogP contribution is -1.98. The van der Waals surface area contributed by atoms with Crippen LogP contribution in [0.1, 0.15) is 5.56 Å². The van der Waals surface area contributed by atoms with Crippen LogP contribution in [-0.2, 0) is 6.61 Å². The van der Waals surface area contributed by atoms with Crippen molar-refractivity contribution in [3.63, 3.8) is 0 Å². The van der Waals surface area contributed by atoms with Crippen molar-refractivity contribution < 1.29 is 4.74 Å². The Morgan fingerprint density at radius 1 is 1.17 bits per heavy atom. The molecule has 0 spiro atoms. The number of nitrogens with one attached hydrogen (secondary N) is 1. The molecule has 2 rings (SSSR count). The van der Waals surface area contributed by atoms with Crippen LogP contribution in [0.4, 0.5) is 5.82 Å². The average molecular weight is 283 g/mol. The van der Waals surface area contributed by atoms with Gasteiger partial charge in [0.15, 0.2) is 0 Å². The normalized spacial score (nSPS) is 10.2. The topological polar surface area (TPSA) is 34.1 Å². The van der Waals surface area contributed by atoms with Crippen LogP contribution in [0, 0.1) is 0 Å². The monoisotopic (exact) mass is 282 g/mol. The maximum absolute atomic E-state index is 5.90. The fourth-order valence-corrected chi connectivity index (χ4v) is 1.99. The van der Waals surface area contributed by atoms with E-state index in [-0.39, 0.29) is 0 Å². The molecule has 0 atom stereocenters. The Labute approximate surface area is 116 Å². The summed E-state index contributed by atoms with van der Waals surface area (Å²) in [6, 6.07) is 8.95. The molecule has 0 unspecified atom stereocenters. The highest BCUT2D eigenvalue weighted by Gasteiger charge is 2.01. The molecule has 1 aromatic heterocycles. The van der Waals surface area contributed by atoms with Crippen LogP contribution in [0.2, 0.25) is 10.0 Å². The molecule has 0 saturated carbocycles. The van der Waals surface area contributed by atoms with Crippen LogP contribution in [0.15, 0.2) is 36.5 Å². The van der Waals surface area contributed by atoms with E-state index in [1.165, 1.54) is 0 Å². The van der Waals surface area contributed by atoms with Crippen LogP contribution >= 0.6 is 23.2 Å². The van der Waals surface area contributed by atoms with E-state index in [1.807, 2.05) is 19.2 Å². The van der Waals surface area contributed by atoms with Crippen molar-refractivity contribution in [1.82, 2.24) is 4.98 Å². The van der Waals surface area contributed by atoms with E-state index < -0.39 is 0 Å². The summed E-state index contributed by atoms with van der Waals surface area (Å²) in [6.07, 6.45) is 1.73. The number of ether oxygens (including phenoxy) is 1. The fourth-order valence-electron chi connectivity index (χ4n) is 1.48. The summed E-state index contributed by atoms with van der Waals surface area (Å²) in [7, 11) is 1.82. The molecule has 3 nitrogen and oxygen atoms in total. The van der Waals surface area contributed by atoms with Gasteiger partial charge in [0, 0.05) is 23.3 Å². The molecular formula is C13H12Cl2N2O. The van der Waals surface area contributed by atoms with E-state index in [2.05, 4.69) is 10.3 Å². The van der Waals surface area contributed by atoms with Crippen LogP contribution in [0.25, 0.3) is 0 Å². The van der Waals surface area contributed by atoms with Gasteiger partial charge in [-0.2, -0.15) is 0 Å². The van der Waals surface area contributed by atoms with Crippen molar-refractivity contribution in [3.8, 4) is 5.75 Å². The van der Waals surface area contributed by atoms with Gasteiger partial charge in [-0.3, -0.25) is 0 Å². The van der Waals surface area contributed by atoms with E-state index >= 15 is 0 Å². The smallest absolute Gasteiger partial charge is 0.126 e. The fraction of sp³-hybridized carbons (Fsp3) is 0.154. The maximum Gasteiger partial charge on any atom is 0.126 e. The largest absolute Gasteiger partial charge is 0.489 e. The summed E-state index contributed by atoms with van der Waals surface area (Å²) in [5, 5.41) is 4.09. The number of aromatic nitrogens is 1. The summed E-state index contributed by atoms with van der Waals surface area (Å²) in [5.41, 5.74) is 1.02. The Hall–Kier alpha value is -1.45. The van der Waals surface area contributed by atoms with Crippen LogP contribution < -0.4 is 10.1 Å². The number of hydrogen-bond acceptors (Lipinski definition) is 3. The molecule has 0 amide bonds. The van der Waals surface area contributed by atoms with Crippen molar-refractivity contribution in [2.75, 3.05) is 12.4 Å². The first-order chi connectivity index (χ1) is 8.67. The number of anilines is 1. The third-order valence-electron chi connectivity index (χ3n) is 2.32. The van der Waals surface area contributed by atoms with Gasteiger partial charge in [-0.15, -0.1) is 0 Å². The molecule has 0 aliphatic carbocycles. The Balaban J connectivity index is 2.06. The lowest BCUT2D eigenvalue weighted by atomic mass is 10.3. The van der Waals surface area contributed by atoms with E-state index in [4.69, 9.17) is 27.9 Å². The van der Waals surface area contributed by atoms with Gasteiger partial charge in [0.1, 0.15) is 18.2 Å². The third kappa shape index (κ3) is 3.52. The first-order valence-electron chi connectivity index (χ1n) is 5.39. The third-order valence-corrected chi connectivity index (χ3v) is 2.76. The second-order valence-electron chi connectivity index (χ2n) is 3.69. The van der Waals surface area contributed by atoms with Gasteiger partial charge in [0.25, 0.3) is 0 Å². The van der Waals surface area contributed by atoms with Crippen molar-refractivity contribution in [2.24, 2.45) is 0 Å². The Kier molecular flexibility index (Phi) is 4.28. The van der Waals surface area contributed by atoms with E-state index in [0.29, 0.717) is 22.4 Å². The van der Waals surface area contributed by atoms with Gasteiger partial charge in [-0.1, -0.05) is 23.2 Å². The standard InChI is InChI=1S/C13H12Cl2N2O/c1-16-13-4-9(2-3-17-13)8-18-12-6-10(14)5-11(15)7-12/h2-7H,8H2,1H3,(H,16,17). The lowest BCUT2D eigenvalue weighted by molar-refractivity contribution is 0.306.